The molecule has 0 saturated carbocycles. The third kappa shape index (κ3) is 0.753. The first-order valence-electron chi connectivity index (χ1n) is 2.31. The molecule has 0 spiro atoms. The quantitative estimate of drug-likeness (QED) is 0.476. The van der Waals surface area contributed by atoms with Crippen LogP contribution in [0.25, 0.3) is 0 Å². The van der Waals surface area contributed by atoms with Crippen molar-refractivity contribution in [2.45, 2.75) is 6.42 Å². The van der Waals surface area contributed by atoms with E-state index in [0.717, 1.165) is 0 Å². The van der Waals surface area contributed by atoms with Crippen molar-refractivity contribution in [2.75, 3.05) is 0 Å². The molecule has 0 bridgehead atoms. The van der Waals surface area contributed by atoms with Crippen molar-refractivity contribution in [3.8, 4) is 0 Å². The molecule has 42 valence electrons. The summed E-state index contributed by atoms with van der Waals surface area (Å²) in [5.41, 5.74) is 5.69. The molecule has 1 aliphatic heterocycles. The molecule has 0 fully saturated rings. The number of aliphatic imine (C=N–C) groups is 1. The molecule has 3 heteroatoms. The average Bonchev–Trinajstić information content (AvgIpc) is 2.14. The highest BCUT2D eigenvalue weighted by molar-refractivity contribution is 5.91. The minimum absolute atomic E-state index is 0.447. The van der Waals surface area contributed by atoms with Crippen LogP contribution in [-0.2, 0) is 4.79 Å². The zero-order valence-corrected chi connectivity index (χ0v) is 4.29. The molecule has 0 aromatic carbocycles. The van der Waals surface area contributed by atoms with Gasteiger partial charge in [0.1, 0.15) is 11.5 Å². The first-order chi connectivity index (χ1) is 3.83. The lowest BCUT2D eigenvalue weighted by Crippen LogP contribution is -2.06. The maximum atomic E-state index is 9.92. The summed E-state index contributed by atoms with van der Waals surface area (Å²) in [4.78, 5) is 13.6. The van der Waals surface area contributed by atoms with Crippen molar-refractivity contribution in [3.05, 3.63) is 11.8 Å². The standard InChI is InChI=1S/C5H6N2O/c6-5-2-1-4(3-8)7-5/h1,3H,2H2,(H2,6,7). The number of rotatable bonds is 1. The summed E-state index contributed by atoms with van der Waals surface area (Å²) < 4.78 is 0. The number of hydrogen-bond acceptors (Lipinski definition) is 3. The van der Waals surface area contributed by atoms with E-state index in [2.05, 4.69) is 4.99 Å². The monoisotopic (exact) mass is 110 g/mol. The lowest BCUT2D eigenvalue weighted by Gasteiger charge is -1.80. The lowest BCUT2D eigenvalue weighted by atomic mass is 10.4. The van der Waals surface area contributed by atoms with Crippen LogP contribution in [0.1, 0.15) is 6.42 Å². The Morgan fingerprint density at radius 3 is 2.88 bits per heavy atom. The largest absolute Gasteiger partial charge is 0.387 e. The lowest BCUT2D eigenvalue weighted by molar-refractivity contribution is -0.104. The highest BCUT2D eigenvalue weighted by Crippen LogP contribution is 2.03. The van der Waals surface area contributed by atoms with E-state index in [4.69, 9.17) is 5.73 Å². The Kier molecular flexibility index (Phi) is 1.12. The van der Waals surface area contributed by atoms with Crippen LogP contribution in [0.3, 0.4) is 0 Å². The molecule has 3 nitrogen and oxygen atoms in total. The minimum atomic E-state index is 0.447. The highest BCUT2D eigenvalue weighted by Gasteiger charge is 2.01. The van der Waals surface area contributed by atoms with Crippen molar-refractivity contribution in [1.29, 1.82) is 0 Å². The van der Waals surface area contributed by atoms with Gasteiger partial charge in [0.15, 0.2) is 6.29 Å². The number of amidine groups is 1. The minimum Gasteiger partial charge on any atom is -0.387 e. The molecule has 0 aromatic heterocycles. The molecule has 0 radical (unpaired) electrons. The number of carbonyl (C=O) groups is 1. The van der Waals surface area contributed by atoms with Crippen molar-refractivity contribution in [3.63, 3.8) is 0 Å². The van der Waals surface area contributed by atoms with Crippen LogP contribution in [0.15, 0.2) is 16.8 Å². The molecule has 1 heterocycles. The summed E-state index contributed by atoms with van der Waals surface area (Å²) >= 11 is 0. The number of hydrogen-bond donors (Lipinski definition) is 1. The van der Waals surface area contributed by atoms with Gasteiger partial charge in [-0.2, -0.15) is 0 Å². The third-order valence-corrected chi connectivity index (χ3v) is 0.914. The fourth-order valence-electron chi connectivity index (χ4n) is 0.541. The van der Waals surface area contributed by atoms with Crippen LogP contribution in [0.4, 0.5) is 0 Å². The topological polar surface area (TPSA) is 55.4 Å². The second kappa shape index (κ2) is 1.78. The molecule has 1 aliphatic rings. The van der Waals surface area contributed by atoms with Gasteiger partial charge in [0.25, 0.3) is 0 Å². The van der Waals surface area contributed by atoms with Gasteiger partial charge in [0.05, 0.1) is 0 Å². The van der Waals surface area contributed by atoms with Crippen LogP contribution in [0.5, 0.6) is 0 Å². The van der Waals surface area contributed by atoms with Gasteiger partial charge in [0.2, 0.25) is 0 Å². The predicted molar refractivity (Wildman–Crippen MR) is 30.4 cm³/mol. The Morgan fingerprint density at radius 2 is 2.62 bits per heavy atom. The van der Waals surface area contributed by atoms with E-state index < -0.39 is 0 Å². The second-order valence-electron chi connectivity index (χ2n) is 1.55. The van der Waals surface area contributed by atoms with Crippen LogP contribution >= 0.6 is 0 Å². The average molecular weight is 110 g/mol. The van der Waals surface area contributed by atoms with Gasteiger partial charge in [-0.3, -0.25) is 4.79 Å². The molecule has 0 unspecified atom stereocenters. The molecular weight excluding hydrogens is 104 g/mol. The van der Waals surface area contributed by atoms with Gasteiger partial charge in [-0.1, -0.05) is 0 Å². The number of carbonyl (C=O) groups excluding carboxylic acids is 1. The SMILES string of the molecule is NC1=NC(C=O)=CC1. The van der Waals surface area contributed by atoms with Gasteiger partial charge in [-0.15, -0.1) is 0 Å². The Bertz CT molecular complexity index is 169. The van der Waals surface area contributed by atoms with Gasteiger partial charge in [-0.25, -0.2) is 4.99 Å². The van der Waals surface area contributed by atoms with Crippen molar-refractivity contribution in [2.24, 2.45) is 10.7 Å². The van der Waals surface area contributed by atoms with E-state index >= 15 is 0 Å². The van der Waals surface area contributed by atoms with E-state index in [9.17, 15) is 4.79 Å². The molecule has 0 saturated heterocycles. The normalized spacial score (nSPS) is 17.5. The third-order valence-electron chi connectivity index (χ3n) is 0.914. The predicted octanol–water partition coefficient (Wildman–Crippen LogP) is -0.170. The van der Waals surface area contributed by atoms with Gasteiger partial charge in [-0.05, 0) is 6.08 Å². The molecule has 2 N–H and O–H groups in total. The van der Waals surface area contributed by atoms with Crippen LogP contribution < -0.4 is 5.73 Å². The molecule has 1 rings (SSSR count). The first-order valence-corrected chi connectivity index (χ1v) is 2.31. The van der Waals surface area contributed by atoms with Crippen LogP contribution in [-0.4, -0.2) is 12.1 Å². The summed E-state index contributed by atoms with van der Waals surface area (Å²) in [6, 6.07) is 0. The van der Waals surface area contributed by atoms with Crippen molar-refractivity contribution in [1.82, 2.24) is 0 Å². The molecular formula is C5H6N2O. The van der Waals surface area contributed by atoms with Crippen LogP contribution in [0.2, 0.25) is 0 Å². The number of nitrogens with two attached hydrogens (primary N) is 1. The highest BCUT2D eigenvalue weighted by atomic mass is 16.1. The zero-order chi connectivity index (χ0) is 5.98. The molecule has 0 aliphatic carbocycles. The van der Waals surface area contributed by atoms with Crippen molar-refractivity contribution >= 4 is 12.1 Å². The van der Waals surface area contributed by atoms with Crippen LogP contribution in [0, 0.1) is 0 Å². The Balaban J connectivity index is 2.72. The summed E-state index contributed by atoms with van der Waals surface area (Å²) in [7, 11) is 0. The molecule has 0 atom stereocenters. The number of nitrogens with zero attached hydrogens (tertiary/aromatic N) is 1. The maximum Gasteiger partial charge on any atom is 0.168 e. The smallest absolute Gasteiger partial charge is 0.168 e. The second-order valence-corrected chi connectivity index (χ2v) is 1.55. The fourth-order valence-corrected chi connectivity index (χ4v) is 0.541. The number of allylic oxidation sites excluding steroid dienone is 1. The van der Waals surface area contributed by atoms with E-state index in [-0.39, 0.29) is 0 Å². The first kappa shape index (κ1) is 5.03. The van der Waals surface area contributed by atoms with E-state index in [1.165, 1.54) is 0 Å². The Labute approximate surface area is 46.9 Å². The molecule has 0 amide bonds. The molecule has 8 heavy (non-hydrogen) atoms. The van der Waals surface area contributed by atoms with Gasteiger partial charge in [0, 0.05) is 6.42 Å². The summed E-state index contributed by atoms with van der Waals surface area (Å²) in [6.45, 7) is 0. The van der Waals surface area contributed by atoms with E-state index in [1.54, 1.807) is 6.08 Å². The van der Waals surface area contributed by atoms with Gasteiger partial charge < -0.3 is 5.73 Å². The number of aldehydes is 1. The Morgan fingerprint density at radius 1 is 1.88 bits per heavy atom. The summed E-state index contributed by atoms with van der Waals surface area (Å²) in [5.74, 6) is 0.520. The van der Waals surface area contributed by atoms with E-state index in [0.29, 0.717) is 24.2 Å². The van der Waals surface area contributed by atoms with Gasteiger partial charge >= 0.3 is 0 Å². The summed E-state index contributed by atoms with van der Waals surface area (Å²) in [6.07, 6.45) is 3.01. The Hall–Kier alpha value is -1.12. The molecule has 0 aromatic rings. The maximum absolute atomic E-state index is 9.92. The van der Waals surface area contributed by atoms with Crippen molar-refractivity contribution < 1.29 is 4.79 Å². The zero-order valence-electron chi connectivity index (χ0n) is 4.29. The fraction of sp³-hybridized carbons (Fsp3) is 0.200. The summed E-state index contributed by atoms with van der Waals surface area (Å²) in [5, 5.41) is 0. The van der Waals surface area contributed by atoms with E-state index in [1.807, 2.05) is 0 Å².